The molecule has 168 valence electrons. The molecule has 2 heterocycles. The molecule has 0 amide bonds. The monoisotopic (exact) mass is 449 g/mol. The van der Waals surface area contributed by atoms with Crippen LogP contribution in [0.3, 0.4) is 0 Å². The second-order valence-corrected chi connectivity index (χ2v) is 9.41. The van der Waals surface area contributed by atoms with Gasteiger partial charge in [-0.2, -0.15) is 4.31 Å². The summed E-state index contributed by atoms with van der Waals surface area (Å²) < 4.78 is 29.0. The third kappa shape index (κ3) is 4.48. The highest BCUT2D eigenvalue weighted by molar-refractivity contribution is 7.89. The van der Waals surface area contributed by atoms with E-state index in [1.54, 1.807) is 35.2 Å². The Morgan fingerprint density at radius 1 is 1.06 bits per heavy atom. The molecule has 0 atom stereocenters. The van der Waals surface area contributed by atoms with Crippen molar-refractivity contribution >= 4 is 21.6 Å². The van der Waals surface area contributed by atoms with Crippen molar-refractivity contribution in [2.45, 2.75) is 24.8 Å². The molecule has 1 aromatic carbocycles. The molecule has 2 N–H and O–H groups in total. The summed E-state index contributed by atoms with van der Waals surface area (Å²) >= 11 is 0. The molecule has 31 heavy (non-hydrogen) atoms. The number of nitrogens with two attached hydrogens (primary N) is 1. The smallest absolute Gasteiger partial charge is 0.332 e. The van der Waals surface area contributed by atoms with Crippen molar-refractivity contribution < 1.29 is 13.2 Å². The predicted molar refractivity (Wildman–Crippen MR) is 117 cm³/mol. The van der Waals surface area contributed by atoms with Crippen molar-refractivity contribution in [3.8, 4) is 0 Å². The number of nitrogens with zero attached hydrogens (tertiary/aromatic N) is 4. The number of rotatable bonds is 7. The number of carbonyl (C=O) groups is 1. The summed E-state index contributed by atoms with van der Waals surface area (Å²) in [6.07, 6.45) is 0.619. The SMILES string of the molecule is CCCn1c(N)c(C(=O)CN2CCN(S(=O)(=O)c3ccccc3)CC2)c(=O)n(C)c1=O. The van der Waals surface area contributed by atoms with Gasteiger partial charge < -0.3 is 5.73 Å². The average Bonchev–Trinajstić information content (AvgIpc) is 2.76. The lowest BCUT2D eigenvalue weighted by molar-refractivity contribution is 0.0899. The van der Waals surface area contributed by atoms with Crippen molar-refractivity contribution in [2.24, 2.45) is 7.05 Å². The van der Waals surface area contributed by atoms with Crippen molar-refractivity contribution in [3.05, 3.63) is 56.7 Å². The number of benzene rings is 1. The van der Waals surface area contributed by atoms with Gasteiger partial charge in [0.25, 0.3) is 5.56 Å². The van der Waals surface area contributed by atoms with Crippen LogP contribution in [0.2, 0.25) is 0 Å². The van der Waals surface area contributed by atoms with Gasteiger partial charge in [-0.3, -0.25) is 23.6 Å². The van der Waals surface area contributed by atoms with Crippen LogP contribution in [0.5, 0.6) is 0 Å². The number of sulfonamides is 1. The van der Waals surface area contributed by atoms with Crippen LogP contribution in [-0.2, 0) is 23.6 Å². The van der Waals surface area contributed by atoms with Crippen LogP contribution in [-0.4, -0.2) is 65.3 Å². The first-order valence-corrected chi connectivity index (χ1v) is 11.5. The Bertz CT molecular complexity index is 1180. The lowest BCUT2D eigenvalue weighted by Crippen LogP contribution is -2.50. The van der Waals surface area contributed by atoms with E-state index >= 15 is 0 Å². The van der Waals surface area contributed by atoms with Crippen LogP contribution in [0.25, 0.3) is 0 Å². The molecule has 0 spiro atoms. The van der Waals surface area contributed by atoms with E-state index in [1.807, 2.05) is 6.92 Å². The standard InChI is InChI=1S/C20H27N5O5S/c1-3-9-25-18(21)17(19(27)22(2)20(25)28)16(26)14-23-10-12-24(13-11-23)31(29,30)15-7-5-4-6-8-15/h4-8H,3,9-14,21H2,1-2H3. The molecule has 0 unspecified atom stereocenters. The predicted octanol–water partition coefficient (Wildman–Crippen LogP) is -0.272. The topological polar surface area (TPSA) is 128 Å². The number of hydrogen-bond donors (Lipinski definition) is 1. The van der Waals surface area contributed by atoms with Gasteiger partial charge in [0.15, 0.2) is 5.78 Å². The van der Waals surface area contributed by atoms with Crippen molar-refractivity contribution in [1.29, 1.82) is 0 Å². The van der Waals surface area contributed by atoms with E-state index in [0.29, 0.717) is 26.1 Å². The summed E-state index contributed by atoms with van der Waals surface area (Å²) in [5.41, 5.74) is 4.54. The summed E-state index contributed by atoms with van der Waals surface area (Å²) in [6, 6.07) is 8.20. The van der Waals surface area contributed by atoms with Crippen LogP contribution >= 0.6 is 0 Å². The first-order valence-electron chi connectivity index (χ1n) is 10.1. The third-order valence-corrected chi connectivity index (χ3v) is 7.30. The van der Waals surface area contributed by atoms with Gasteiger partial charge in [0.1, 0.15) is 11.4 Å². The van der Waals surface area contributed by atoms with Crippen LogP contribution < -0.4 is 17.0 Å². The van der Waals surface area contributed by atoms with E-state index in [9.17, 15) is 22.8 Å². The number of ketones is 1. The summed E-state index contributed by atoms with van der Waals surface area (Å²) in [7, 11) is -2.27. The molecular formula is C20H27N5O5S. The normalized spacial score (nSPS) is 15.8. The molecule has 11 heteroatoms. The molecule has 0 saturated carbocycles. The molecule has 1 saturated heterocycles. The van der Waals surface area contributed by atoms with Crippen molar-refractivity contribution in [2.75, 3.05) is 38.5 Å². The second-order valence-electron chi connectivity index (χ2n) is 7.48. The number of aromatic nitrogens is 2. The first-order chi connectivity index (χ1) is 14.7. The van der Waals surface area contributed by atoms with Gasteiger partial charge in [-0.1, -0.05) is 25.1 Å². The van der Waals surface area contributed by atoms with Gasteiger partial charge in [-0.05, 0) is 18.6 Å². The van der Waals surface area contributed by atoms with Gasteiger partial charge in [-0.25, -0.2) is 13.2 Å². The maximum atomic E-state index is 12.9. The summed E-state index contributed by atoms with van der Waals surface area (Å²) in [6.45, 7) is 3.22. The molecule has 1 aromatic heterocycles. The molecule has 0 bridgehead atoms. The Balaban J connectivity index is 1.74. The molecule has 0 radical (unpaired) electrons. The Morgan fingerprint density at radius 2 is 1.68 bits per heavy atom. The molecule has 3 rings (SSSR count). The lowest BCUT2D eigenvalue weighted by atomic mass is 10.1. The summed E-state index contributed by atoms with van der Waals surface area (Å²) in [5.74, 6) is -0.604. The number of piperazine rings is 1. The molecule has 1 fully saturated rings. The molecule has 2 aromatic rings. The van der Waals surface area contributed by atoms with Crippen LogP contribution in [0.1, 0.15) is 23.7 Å². The quantitative estimate of drug-likeness (QED) is 0.576. The highest BCUT2D eigenvalue weighted by atomic mass is 32.2. The van der Waals surface area contributed by atoms with Crippen LogP contribution in [0.15, 0.2) is 44.8 Å². The second kappa shape index (κ2) is 9.16. The number of carbonyl (C=O) groups excluding carboxylic acids is 1. The van der Waals surface area contributed by atoms with Crippen molar-refractivity contribution in [1.82, 2.24) is 18.3 Å². The Hall–Kier alpha value is -2.76. The maximum Gasteiger partial charge on any atom is 0.332 e. The van der Waals surface area contributed by atoms with E-state index < -0.39 is 27.1 Å². The zero-order valence-electron chi connectivity index (χ0n) is 17.7. The van der Waals surface area contributed by atoms with Gasteiger partial charge in [0, 0.05) is 39.8 Å². The number of nitrogen functional groups attached to an aromatic ring is 1. The minimum Gasteiger partial charge on any atom is -0.384 e. The Kier molecular flexibility index (Phi) is 6.77. The van der Waals surface area contributed by atoms with E-state index in [2.05, 4.69) is 0 Å². The zero-order chi connectivity index (χ0) is 22.8. The van der Waals surface area contributed by atoms with Gasteiger partial charge in [0.05, 0.1) is 11.4 Å². The fourth-order valence-corrected chi connectivity index (χ4v) is 5.08. The van der Waals surface area contributed by atoms with Gasteiger partial charge in [-0.15, -0.1) is 0 Å². The minimum atomic E-state index is -3.59. The zero-order valence-corrected chi connectivity index (χ0v) is 18.5. The van der Waals surface area contributed by atoms with E-state index in [0.717, 1.165) is 4.57 Å². The highest BCUT2D eigenvalue weighted by Gasteiger charge is 2.30. The fraction of sp³-hybridized carbons (Fsp3) is 0.450. The van der Waals surface area contributed by atoms with Gasteiger partial charge in [0.2, 0.25) is 10.0 Å². The maximum absolute atomic E-state index is 12.9. The molecule has 1 aliphatic rings. The molecule has 1 aliphatic heterocycles. The first kappa shape index (κ1) is 22.9. The van der Waals surface area contributed by atoms with E-state index in [1.165, 1.54) is 15.9 Å². The average molecular weight is 450 g/mol. The number of hydrogen-bond acceptors (Lipinski definition) is 7. The van der Waals surface area contributed by atoms with E-state index in [4.69, 9.17) is 5.73 Å². The van der Waals surface area contributed by atoms with Gasteiger partial charge >= 0.3 is 5.69 Å². The Morgan fingerprint density at radius 3 is 2.26 bits per heavy atom. The summed E-state index contributed by atoms with van der Waals surface area (Å²) in [4.78, 5) is 39.7. The third-order valence-electron chi connectivity index (χ3n) is 5.39. The molecule has 10 nitrogen and oxygen atoms in total. The van der Waals surface area contributed by atoms with E-state index in [-0.39, 0.29) is 35.9 Å². The largest absolute Gasteiger partial charge is 0.384 e. The number of Topliss-reactive ketones (excluding diaryl/α,β-unsaturated/α-hetero) is 1. The van der Waals surface area contributed by atoms with Crippen molar-refractivity contribution in [3.63, 3.8) is 0 Å². The minimum absolute atomic E-state index is 0.0804. The summed E-state index contributed by atoms with van der Waals surface area (Å²) in [5, 5.41) is 0. The molecular weight excluding hydrogens is 422 g/mol. The number of anilines is 1. The fourth-order valence-electron chi connectivity index (χ4n) is 3.64. The highest BCUT2D eigenvalue weighted by Crippen LogP contribution is 2.17. The Labute approximate surface area is 180 Å². The molecule has 0 aliphatic carbocycles. The lowest BCUT2D eigenvalue weighted by Gasteiger charge is -2.33. The van der Waals surface area contributed by atoms with Crippen LogP contribution in [0.4, 0.5) is 5.82 Å². The van der Waals surface area contributed by atoms with Crippen LogP contribution in [0, 0.1) is 0 Å².